The Morgan fingerprint density at radius 3 is 1.44 bits per heavy atom. The fourth-order valence-corrected chi connectivity index (χ4v) is 7.68. The molecule has 2 saturated heterocycles. The van der Waals surface area contributed by atoms with Crippen LogP contribution in [-0.4, -0.2) is 139 Å². The van der Waals surface area contributed by atoms with E-state index in [1.54, 1.807) is 0 Å². The van der Waals surface area contributed by atoms with E-state index in [1.165, 1.54) is 0 Å². The van der Waals surface area contributed by atoms with Gasteiger partial charge in [0.1, 0.15) is 54.2 Å². The zero-order valence-electron chi connectivity index (χ0n) is 35.2. The number of aryl methyl sites for hydroxylation is 5. The molecule has 10 N–H and O–H groups in total. The van der Waals surface area contributed by atoms with Crippen LogP contribution in [0, 0.1) is 27.7 Å². The zero-order valence-corrected chi connectivity index (χ0v) is 35.2. The van der Waals surface area contributed by atoms with Gasteiger partial charge < -0.3 is 70.0 Å². The van der Waals surface area contributed by atoms with E-state index in [-0.39, 0.29) is 13.2 Å². The van der Waals surface area contributed by atoms with Gasteiger partial charge in [-0.2, -0.15) is 0 Å². The summed E-state index contributed by atoms with van der Waals surface area (Å²) < 4.78 is 22.7. The Labute approximate surface area is 356 Å². The van der Waals surface area contributed by atoms with Crippen molar-refractivity contribution in [2.45, 2.75) is 121 Å². The molecule has 10 atom stereocenters. The van der Waals surface area contributed by atoms with E-state index in [0.29, 0.717) is 30.8 Å². The van der Waals surface area contributed by atoms with Gasteiger partial charge in [0, 0.05) is 37.2 Å². The van der Waals surface area contributed by atoms with Crippen LogP contribution in [0.5, 0.6) is 11.5 Å². The number of hydrogen-bond donors (Lipinski definition) is 10. The second-order valence-corrected chi connectivity index (χ2v) is 16.0. The van der Waals surface area contributed by atoms with Gasteiger partial charge in [-0.05, 0) is 104 Å². The van der Waals surface area contributed by atoms with E-state index >= 15 is 0 Å². The minimum Gasteiger partial charge on any atom is -0.482 e. The highest BCUT2D eigenvalue weighted by Crippen LogP contribution is 2.33. The first-order valence-corrected chi connectivity index (χ1v) is 20.7. The van der Waals surface area contributed by atoms with Crippen molar-refractivity contribution in [2.75, 3.05) is 26.4 Å². The lowest BCUT2D eigenvalue weighted by Crippen LogP contribution is -2.60. The normalized spacial score (nSPS) is 26.3. The van der Waals surface area contributed by atoms with Crippen molar-refractivity contribution >= 4 is 0 Å². The van der Waals surface area contributed by atoms with Crippen LogP contribution in [-0.2, 0) is 35.2 Å². The lowest BCUT2D eigenvalue weighted by atomic mass is 9.95. The number of rotatable bonds is 15. The van der Waals surface area contributed by atoms with E-state index in [4.69, 9.17) is 29.2 Å². The molecular weight excluding hydrogens is 789 g/mol. The van der Waals surface area contributed by atoms with Crippen molar-refractivity contribution in [1.82, 2.24) is 0 Å². The van der Waals surface area contributed by atoms with Crippen molar-refractivity contribution in [3.63, 3.8) is 0 Å². The Balaban J connectivity index is 0.000000231. The van der Waals surface area contributed by atoms with Gasteiger partial charge in [0.05, 0.1) is 13.2 Å². The Kier molecular flexibility index (Phi) is 17.6. The van der Waals surface area contributed by atoms with Gasteiger partial charge in [-0.1, -0.05) is 60.7 Å². The Hall–Kier alpha value is -4.00. The molecule has 6 rings (SSSR count). The number of aliphatic hydroxyl groups is 10. The van der Waals surface area contributed by atoms with Crippen LogP contribution in [0.15, 0.2) is 72.8 Å². The Morgan fingerprint density at radius 2 is 0.951 bits per heavy atom. The van der Waals surface area contributed by atoms with Gasteiger partial charge in [-0.3, -0.25) is 0 Å². The standard InChI is InChI=1S/C24H32O7.C23H30O7/c1-14-10-15(2)18(12-17-7-5-16(6-8-17)4-3-9-25)19(11-14)30-23-22(28)21(27)20(13-26)31-24(23)29;1-13-9-14(2)17(11-16-5-3-15(4-6-16)7-8-24)18(10-13)29-23-22(28)21(27)20(26)19(12-25)30-23/h5-8,10-11,20-29H,3-4,9,12-13H2,1-2H3;3-6,9-10,19-28H,7-8,11-12H2,1-2H3/t20-,21-,22+,23-,24?;19-,20-,21+,22-,23-/m11/s1. The SMILES string of the molecule is Cc1cc(C)c(Cc2ccc(CCCO)cc2)c(O[C@H]2C(O)O[C@H](CO)[C@@H](O)[C@@H]2O)c1.Cc1cc(C)c(Cc2ccc(CCO)cc2)c(O[C@@H]2O[C@H](CO)[C@@H](O)[C@H](O)[C@H]2O)c1. The molecule has 4 aromatic carbocycles. The van der Waals surface area contributed by atoms with Crippen LogP contribution in [0.4, 0.5) is 0 Å². The van der Waals surface area contributed by atoms with Gasteiger partial charge in [0.2, 0.25) is 6.29 Å². The summed E-state index contributed by atoms with van der Waals surface area (Å²) in [6.07, 6.45) is -9.87. The second-order valence-electron chi connectivity index (χ2n) is 16.0. The molecule has 1 unspecified atom stereocenters. The van der Waals surface area contributed by atoms with Crippen molar-refractivity contribution < 1.29 is 70.0 Å². The first kappa shape index (κ1) is 48.0. The average molecular weight is 851 g/mol. The molecule has 2 fully saturated rings. The molecule has 2 aliphatic rings. The van der Waals surface area contributed by atoms with E-state index in [0.717, 1.165) is 68.5 Å². The smallest absolute Gasteiger partial charge is 0.229 e. The molecule has 2 aliphatic heterocycles. The number of benzene rings is 4. The Bertz CT molecular complexity index is 1970. The van der Waals surface area contributed by atoms with E-state index in [9.17, 15) is 40.9 Å². The van der Waals surface area contributed by atoms with Gasteiger partial charge in [-0.15, -0.1) is 0 Å². The van der Waals surface area contributed by atoms with Gasteiger partial charge in [0.25, 0.3) is 0 Å². The molecule has 334 valence electrons. The molecule has 0 spiro atoms. The first-order valence-electron chi connectivity index (χ1n) is 20.7. The predicted octanol–water partition coefficient (Wildman–Crippen LogP) is 1.61. The largest absolute Gasteiger partial charge is 0.482 e. The zero-order chi connectivity index (χ0) is 44.4. The molecule has 14 nitrogen and oxygen atoms in total. The summed E-state index contributed by atoms with van der Waals surface area (Å²) in [6.45, 7) is 7.06. The monoisotopic (exact) mass is 850 g/mol. The van der Waals surface area contributed by atoms with Crippen LogP contribution in [0.3, 0.4) is 0 Å². The molecule has 4 aromatic rings. The topological polar surface area (TPSA) is 239 Å². The second kappa shape index (κ2) is 22.4. The molecular formula is C47H62O14. The molecule has 2 heterocycles. The summed E-state index contributed by atoms with van der Waals surface area (Å²) in [4.78, 5) is 0. The number of aliphatic hydroxyl groups excluding tert-OH is 10. The first-order chi connectivity index (χ1) is 29.2. The lowest BCUT2D eigenvalue weighted by molar-refractivity contribution is -0.280. The highest BCUT2D eigenvalue weighted by atomic mass is 16.7. The van der Waals surface area contributed by atoms with Crippen molar-refractivity contribution in [2.24, 2.45) is 0 Å². The summed E-state index contributed by atoms with van der Waals surface area (Å²) >= 11 is 0. The third-order valence-electron chi connectivity index (χ3n) is 11.2. The minimum atomic E-state index is -1.49. The summed E-state index contributed by atoms with van der Waals surface area (Å²) in [5.41, 5.74) is 10.1. The molecule has 0 aliphatic carbocycles. The van der Waals surface area contributed by atoms with Crippen LogP contribution in [0.1, 0.15) is 62.1 Å². The van der Waals surface area contributed by atoms with E-state index < -0.39 is 74.6 Å². The summed E-state index contributed by atoms with van der Waals surface area (Å²) in [5, 5.41) is 98.0. The summed E-state index contributed by atoms with van der Waals surface area (Å²) in [7, 11) is 0. The molecule has 0 aromatic heterocycles. The summed E-state index contributed by atoms with van der Waals surface area (Å²) in [6, 6.07) is 23.9. The maximum Gasteiger partial charge on any atom is 0.229 e. The van der Waals surface area contributed by atoms with E-state index in [2.05, 4.69) is 0 Å². The lowest BCUT2D eigenvalue weighted by Gasteiger charge is -2.40. The predicted molar refractivity (Wildman–Crippen MR) is 225 cm³/mol. The fraction of sp³-hybridized carbons (Fsp3) is 0.489. The van der Waals surface area contributed by atoms with Crippen molar-refractivity contribution in [3.8, 4) is 11.5 Å². The van der Waals surface area contributed by atoms with Gasteiger partial charge in [-0.25, -0.2) is 0 Å². The third kappa shape index (κ3) is 12.3. The molecule has 0 radical (unpaired) electrons. The highest BCUT2D eigenvalue weighted by Gasteiger charge is 2.46. The maximum atomic E-state index is 10.4. The quantitative estimate of drug-likeness (QED) is 0.0819. The molecule has 14 heteroatoms. The third-order valence-corrected chi connectivity index (χ3v) is 11.2. The van der Waals surface area contributed by atoms with Gasteiger partial charge >= 0.3 is 0 Å². The number of hydrogen-bond acceptors (Lipinski definition) is 14. The van der Waals surface area contributed by atoms with Crippen molar-refractivity contribution in [3.05, 3.63) is 128 Å². The van der Waals surface area contributed by atoms with Crippen LogP contribution in [0.2, 0.25) is 0 Å². The average Bonchev–Trinajstić information content (AvgIpc) is 3.24. The molecule has 61 heavy (non-hydrogen) atoms. The van der Waals surface area contributed by atoms with Crippen LogP contribution >= 0.6 is 0 Å². The number of ether oxygens (including phenoxy) is 4. The molecule has 0 saturated carbocycles. The Morgan fingerprint density at radius 1 is 0.492 bits per heavy atom. The van der Waals surface area contributed by atoms with Crippen LogP contribution < -0.4 is 9.47 Å². The minimum absolute atomic E-state index is 0.105. The van der Waals surface area contributed by atoms with E-state index in [1.807, 2.05) is 100 Å². The summed E-state index contributed by atoms with van der Waals surface area (Å²) in [5.74, 6) is 1.01. The van der Waals surface area contributed by atoms with Gasteiger partial charge in [0.15, 0.2) is 12.4 Å². The maximum absolute atomic E-state index is 10.4. The highest BCUT2D eigenvalue weighted by molar-refractivity contribution is 5.47. The van der Waals surface area contributed by atoms with Crippen LogP contribution in [0.25, 0.3) is 0 Å². The molecule has 0 amide bonds. The fourth-order valence-electron chi connectivity index (χ4n) is 7.68. The van der Waals surface area contributed by atoms with Crippen molar-refractivity contribution in [1.29, 1.82) is 0 Å². The molecule has 0 bridgehead atoms.